The molecule has 0 aliphatic rings. The number of aryl methyl sites for hydroxylation is 1. The molecule has 0 aliphatic heterocycles. The summed E-state index contributed by atoms with van der Waals surface area (Å²) in [6, 6.07) is 18.7. The minimum Gasteiger partial charge on any atom is -0.347 e. The molecular formula is C22H20FN3O2. The summed E-state index contributed by atoms with van der Waals surface area (Å²) in [5.41, 5.74) is 2.71. The van der Waals surface area contributed by atoms with E-state index in [-0.39, 0.29) is 29.7 Å². The molecule has 1 heterocycles. The Hall–Kier alpha value is -3.54. The molecule has 0 fully saturated rings. The molecule has 0 spiro atoms. The van der Waals surface area contributed by atoms with Crippen LogP contribution in [0.2, 0.25) is 0 Å². The Bertz CT molecular complexity index is 1000. The SMILES string of the molecule is Cc1cccc(CNC(=O)c2cccc(C(=O)NCc3ccccc3F)n2)c1. The summed E-state index contributed by atoms with van der Waals surface area (Å²) in [5.74, 6) is -1.23. The van der Waals surface area contributed by atoms with Crippen molar-refractivity contribution in [1.29, 1.82) is 0 Å². The molecule has 5 nitrogen and oxygen atoms in total. The van der Waals surface area contributed by atoms with Gasteiger partial charge in [0, 0.05) is 18.7 Å². The van der Waals surface area contributed by atoms with Gasteiger partial charge in [-0.05, 0) is 30.7 Å². The molecule has 0 bridgehead atoms. The average Bonchev–Trinajstić information content (AvgIpc) is 2.71. The predicted molar refractivity (Wildman–Crippen MR) is 104 cm³/mol. The number of hydrogen-bond acceptors (Lipinski definition) is 3. The van der Waals surface area contributed by atoms with E-state index in [4.69, 9.17) is 0 Å². The number of nitrogens with one attached hydrogen (secondary N) is 2. The highest BCUT2D eigenvalue weighted by Crippen LogP contribution is 2.07. The van der Waals surface area contributed by atoms with E-state index >= 15 is 0 Å². The first-order valence-electron chi connectivity index (χ1n) is 8.85. The number of hydrogen-bond donors (Lipinski definition) is 2. The number of benzene rings is 2. The van der Waals surface area contributed by atoms with E-state index in [1.807, 2.05) is 31.2 Å². The third-order valence-corrected chi connectivity index (χ3v) is 4.15. The number of pyridine rings is 1. The molecule has 3 aromatic rings. The van der Waals surface area contributed by atoms with Gasteiger partial charge in [-0.2, -0.15) is 0 Å². The van der Waals surface area contributed by atoms with Crippen LogP contribution in [0.15, 0.2) is 66.7 Å². The maximum Gasteiger partial charge on any atom is 0.270 e. The smallest absolute Gasteiger partial charge is 0.270 e. The molecule has 0 saturated heterocycles. The number of carbonyl (C=O) groups excluding carboxylic acids is 2. The van der Waals surface area contributed by atoms with Crippen LogP contribution in [0.5, 0.6) is 0 Å². The first kappa shape index (κ1) is 19.2. The van der Waals surface area contributed by atoms with Crippen molar-refractivity contribution < 1.29 is 14.0 Å². The number of aromatic nitrogens is 1. The number of nitrogens with zero attached hydrogens (tertiary/aromatic N) is 1. The van der Waals surface area contributed by atoms with Gasteiger partial charge in [0.05, 0.1) is 0 Å². The van der Waals surface area contributed by atoms with Gasteiger partial charge in [-0.3, -0.25) is 9.59 Å². The average molecular weight is 377 g/mol. The second kappa shape index (κ2) is 8.90. The minimum absolute atomic E-state index is 0.0387. The van der Waals surface area contributed by atoms with E-state index in [0.717, 1.165) is 11.1 Å². The number of amides is 2. The monoisotopic (exact) mass is 377 g/mol. The number of rotatable bonds is 6. The van der Waals surface area contributed by atoms with E-state index < -0.39 is 5.91 Å². The highest BCUT2D eigenvalue weighted by molar-refractivity contribution is 5.96. The van der Waals surface area contributed by atoms with Gasteiger partial charge in [0.1, 0.15) is 17.2 Å². The normalized spacial score (nSPS) is 10.4. The minimum atomic E-state index is -0.475. The van der Waals surface area contributed by atoms with Gasteiger partial charge >= 0.3 is 0 Å². The Morgan fingerprint density at radius 2 is 1.50 bits per heavy atom. The fourth-order valence-corrected chi connectivity index (χ4v) is 2.69. The lowest BCUT2D eigenvalue weighted by atomic mass is 10.1. The Balaban J connectivity index is 1.61. The maximum absolute atomic E-state index is 13.6. The summed E-state index contributed by atoms with van der Waals surface area (Å²) in [6.07, 6.45) is 0. The quantitative estimate of drug-likeness (QED) is 0.692. The largest absolute Gasteiger partial charge is 0.347 e. The van der Waals surface area contributed by atoms with Crippen molar-refractivity contribution in [3.63, 3.8) is 0 Å². The van der Waals surface area contributed by atoms with E-state index in [1.54, 1.807) is 30.3 Å². The summed E-state index contributed by atoms with van der Waals surface area (Å²) in [4.78, 5) is 28.8. The lowest BCUT2D eigenvalue weighted by molar-refractivity contribution is 0.0941. The standard InChI is InChI=1S/C22H20FN3O2/c1-15-6-4-7-16(12-15)13-24-21(27)19-10-5-11-20(26-19)22(28)25-14-17-8-2-3-9-18(17)23/h2-12H,13-14H2,1H3,(H,24,27)(H,25,28). The first-order chi connectivity index (χ1) is 13.5. The van der Waals surface area contributed by atoms with E-state index in [9.17, 15) is 14.0 Å². The molecule has 2 N–H and O–H groups in total. The maximum atomic E-state index is 13.6. The molecule has 142 valence electrons. The van der Waals surface area contributed by atoms with E-state index in [1.165, 1.54) is 12.1 Å². The van der Waals surface area contributed by atoms with Crippen LogP contribution in [0.25, 0.3) is 0 Å². The molecule has 0 saturated carbocycles. The zero-order chi connectivity index (χ0) is 19.9. The summed E-state index contributed by atoms with van der Waals surface area (Å²) in [6.45, 7) is 2.39. The Morgan fingerprint density at radius 3 is 2.18 bits per heavy atom. The second-order valence-electron chi connectivity index (χ2n) is 6.35. The van der Waals surface area contributed by atoms with Crippen LogP contribution in [0.1, 0.15) is 37.7 Å². The summed E-state index contributed by atoms with van der Waals surface area (Å²) in [7, 11) is 0. The van der Waals surface area contributed by atoms with Gasteiger partial charge < -0.3 is 10.6 Å². The molecule has 2 amide bonds. The van der Waals surface area contributed by atoms with Crippen molar-refractivity contribution in [3.8, 4) is 0 Å². The molecule has 0 aliphatic carbocycles. The summed E-state index contributed by atoms with van der Waals surface area (Å²) in [5, 5.41) is 5.40. The van der Waals surface area contributed by atoms with E-state index in [0.29, 0.717) is 12.1 Å². The van der Waals surface area contributed by atoms with Crippen LogP contribution in [0.4, 0.5) is 4.39 Å². The fourth-order valence-electron chi connectivity index (χ4n) is 2.69. The topological polar surface area (TPSA) is 71.1 Å². The van der Waals surface area contributed by atoms with Crippen molar-refractivity contribution in [2.24, 2.45) is 0 Å². The van der Waals surface area contributed by atoms with Crippen molar-refractivity contribution in [1.82, 2.24) is 15.6 Å². The number of halogens is 1. The third-order valence-electron chi connectivity index (χ3n) is 4.15. The van der Waals surface area contributed by atoms with Crippen LogP contribution in [0, 0.1) is 12.7 Å². The highest BCUT2D eigenvalue weighted by atomic mass is 19.1. The Kier molecular flexibility index (Phi) is 6.11. The molecule has 3 rings (SSSR count). The lowest BCUT2D eigenvalue weighted by Crippen LogP contribution is -2.27. The highest BCUT2D eigenvalue weighted by Gasteiger charge is 2.13. The molecule has 1 aromatic heterocycles. The number of carbonyl (C=O) groups is 2. The second-order valence-corrected chi connectivity index (χ2v) is 6.35. The fraction of sp³-hybridized carbons (Fsp3) is 0.136. The molecule has 0 atom stereocenters. The van der Waals surface area contributed by atoms with Crippen LogP contribution < -0.4 is 10.6 Å². The van der Waals surface area contributed by atoms with Crippen LogP contribution in [0.3, 0.4) is 0 Å². The first-order valence-corrected chi connectivity index (χ1v) is 8.85. The van der Waals surface area contributed by atoms with Gasteiger partial charge in [0.2, 0.25) is 0 Å². The Labute approximate surface area is 162 Å². The van der Waals surface area contributed by atoms with Crippen molar-refractivity contribution in [3.05, 3.63) is 101 Å². The molecule has 2 aromatic carbocycles. The van der Waals surface area contributed by atoms with Crippen molar-refractivity contribution in [2.75, 3.05) is 0 Å². The molecule has 0 radical (unpaired) electrons. The summed E-state index contributed by atoms with van der Waals surface area (Å²) >= 11 is 0. The van der Waals surface area contributed by atoms with Gasteiger partial charge in [0.15, 0.2) is 0 Å². The molecule has 28 heavy (non-hydrogen) atoms. The summed E-state index contributed by atoms with van der Waals surface area (Å²) < 4.78 is 13.6. The van der Waals surface area contributed by atoms with Gasteiger partial charge in [-0.25, -0.2) is 9.37 Å². The molecule has 0 unspecified atom stereocenters. The molecular weight excluding hydrogens is 357 g/mol. The lowest BCUT2D eigenvalue weighted by Gasteiger charge is -2.08. The molecule has 6 heteroatoms. The van der Waals surface area contributed by atoms with Gasteiger partial charge in [-0.15, -0.1) is 0 Å². The van der Waals surface area contributed by atoms with Gasteiger partial charge in [-0.1, -0.05) is 54.1 Å². The van der Waals surface area contributed by atoms with Crippen molar-refractivity contribution in [2.45, 2.75) is 20.0 Å². The van der Waals surface area contributed by atoms with Crippen molar-refractivity contribution >= 4 is 11.8 Å². The third kappa shape index (κ3) is 5.01. The predicted octanol–water partition coefficient (Wildman–Crippen LogP) is 3.39. The van der Waals surface area contributed by atoms with Crippen LogP contribution in [-0.4, -0.2) is 16.8 Å². The van der Waals surface area contributed by atoms with Crippen LogP contribution >= 0.6 is 0 Å². The van der Waals surface area contributed by atoms with Crippen LogP contribution in [-0.2, 0) is 13.1 Å². The zero-order valence-corrected chi connectivity index (χ0v) is 15.4. The zero-order valence-electron chi connectivity index (χ0n) is 15.4. The van der Waals surface area contributed by atoms with E-state index in [2.05, 4.69) is 15.6 Å². The van der Waals surface area contributed by atoms with Gasteiger partial charge in [0.25, 0.3) is 11.8 Å². The Morgan fingerprint density at radius 1 is 0.857 bits per heavy atom.